The first-order valence-electron chi connectivity index (χ1n) is 5.48. The van der Waals surface area contributed by atoms with Crippen LogP contribution < -0.4 is 5.32 Å². The molecule has 1 atom stereocenters. The number of thiophene rings is 1. The molecule has 1 aromatic heterocycles. The third-order valence-electron chi connectivity index (χ3n) is 2.76. The van der Waals surface area contributed by atoms with E-state index in [1.54, 1.807) is 5.57 Å². The van der Waals surface area contributed by atoms with Crippen LogP contribution in [0.2, 0.25) is 0 Å². The van der Waals surface area contributed by atoms with Gasteiger partial charge in [0.25, 0.3) is 0 Å². The fourth-order valence-corrected chi connectivity index (χ4v) is 3.78. The summed E-state index contributed by atoms with van der Waals surface area (Å²) in [5.74, 6) is 0. The van der Waals surface area contributed by atoms with Crippen LogP contribution >= 0.6 is 27.3 Å². The highest BCUT2D eigenvalue weighted by atomic mass is 79.9. The monoisotopic (exact) mass is 285 g/mol. The fraction of sp³-hybridized carbons (Fsp3) is 0.500. The predicted octanol–water partition coefficient (Wildman–Crippen LogP) is 4.27. The topological polar surface area (TPSA) is 12.0 Å². The van der Waals surface area contributed by atoms with Crippen molar-refractivity contribution in [2.75, 3.05) is 6.54 Å². The highest BCUT2D eigenvalue weighted by molar-refractivity contribution is 9.10. The minimum atomic E-state index is 0.437. The van der Waals surface area contributed by atoms with Crippen LogP contribution in [0.1, 0.15) is 37.1 Å². The lowest BCUT2D eigenvalue weighted by Gasteiger charge is -2.18. The van der Waals surface area contributed by atoms with Crippen molar-refractivity contribution in [2.45, 2.75) is 32.2 Å². The minimum absolute atomic E-state index is 0.437. The van der Waals surface area contributed by atoms with E-state index in [0.29, 0.717) is 6.04 Å². The molecule has 0 radical (unpaired) electrons. The minimum Gasteiger partial charge on any atom is -0.306 e. The van der Waals surface area contributed by atoms with Gasteiger partial charge >= 0.3 is 0 Å². The molecule has 1 N–H and O–H groups in total. The molecular weight excluding hydrogens is 270 g/mol. The molecule has 1 unspecified atom stereocenters. The number of likely N-dealkylation sites (N-methyl/N-ethyl adjacent to an activating group) is 1. The third kappa shape index (κ3) is 2.52. The second kappa shape index (κ2) is 5.28. The zero-order valence-corrected chi connectivity index (χ0v) is 11.3. The molecular formula is C12H16BrNS. The van der Waals surface area contributed by atoms with Crippen LogP contribution in [-0.4, -0.2) is 6.54 Å². The highest BCUT2D eigenvalue weighted by Gasteiger charge is 2.20. The number of hydrogen-bond donors (Lipinski definition) is 1. The van der Waals surface area contributed by atoms with E-state index < -0.39 is 0 Å². The maximum Gasteiger partial charge on any atom is 0.0641 e. The van der Waals surface area contributed by atoms with Gasteiger partial charge in [-0.1, -0.05) is 18.6 Å². The smallest absolute Gasteiger partial charge is 0.0641 e. The molecule has 0 bridgehead atoms. The molecule has 0 saturated carbocycles. The van der Waals surface area contributed by atoms with Gasteiger partial charge in [0.05, 0.1) is 6.04 Å². The molecule has 0 fully saturated rings. The Bertz CT molecular complexity index is 356. The average molecular weight is 286 g/mol. The molecule has 0 aliphatic heterocycles. The molecule has 0 spiro atoms. The summed E-state index contributed by atoms with van der Waals surface area (Å²) in [7, 11) is 0. The van der Waals surface area contributed by atoms with Gasteiger partial charge in [-0.15, -0.1) is 11.3 Å². The first kappa shape index (κ1) is 11.4. The highest BCUT2D eigenvalue weighted by Crippen LogP contribution is 2.37. The summed E-state index contributed by atoms with van der Waals surface area (Å²) in [6.07, 6.45) is 6.22. The molecule has 0 saturated heterocycles. The van der Waals surface area contributed by atoms with Crippen LogP contribution in [0, 0.1) is 0 Å². The van der Waals surface area contributed by atoms with E-state index in [2.05, 4.69) is 45.7 Å². The molecule has 1 heterocycles. The second-order valence-electron chi connectivity index (χ2n) is 3.79. The first-order valence-corrected chi connectivity index (χ1v) is 7.15. The van der Waals surface area contributed by atoms with Crippen molar-refractivity contribution in [1.29, 1.82) is 0 Å². The standard InChI is InChI=1S/C12H16BrNS/c1-2-14-11(9-5-3-4-6-9)12-10(13)7-8-15-12/h5,7-8,11,14H,2-4,6H2,1H3. The molecule has 1 aromatic rings. The summed E-state index contributed by atoms with van der Waals surface area (Å²) >= 11 is 5.46. The second-order valence-corrected chi connectivity index (χ2v) is 5.60. The zero-order valence-electron chi connectivity index (χ0n) is 8.92. The van der Waals surface area contributed by atoms with Crippen molar-refractivity contribution >= 4 is 27.3 Å². The van der Waals surface area contributed by atoms with E-state index in [1.165, 1.54) is 28.6 Å². The van der Waals surface area contributed by atoms with E-state index >= 15 is 0 Å². The normalized spacial score (nSPS) is 17.9. The van der Waals surface area contributed by atoms with Crippen molar-refractivity contribution in [3.8, 4) is 0 Å². The molecule has 0 amide bonds. The number of allylic oxidation sites excluding steroid dienone is 1. The lowest BCUT2D eigenvalue weighted by Crippen LogP contribution is -2.21. The van der Waals surface area contributed by atoms with E-state index in [9.17, 15) is 0 Å². The van der Waals surface area contributed by atoms with Gasteiger partial charge in [0.2, 0.25) is 0 Å². The summed E-state index contributed by atoms with van der Waals surface area (Å²) in [5, 5.41) is 5.73. The SMILES string of the molecule is CCNC(C1=CCCC1)c1sccc1Br. The Morgan fingerprint density at radius 3 is 3.00 bits per heavy atom. The van der Waals surface area contributed by atoms with Gasteiger partial charge in [-0.05, 0) is 53.2 Å². The molecule has 1 aliphatic carbocycles. The summed E-state index contributed by atoms with van der Waals surface area (Å²) in [5.41, 5.74) is 1.57. The van der Waals surface area contributed by atoms with Gasteiger partial charge in [-0.2, -0.15) is 0 Å². The number of hydrogen-bond acceptors (Lipinski definition) is 2. The number of rotatable bonds is 4. The number of nitrogens with one attached hydrogen (secondary N) is 1. The molecule has 82 valence electrons. The number of halogens is 1. The molecule has 0 aromatic carbocycles. The summed E-state index contributed by atoms with van der Waals surface area (Å²) in [4.78, 5) is 1.42. The average Bonchev–Trinajstić information content (AvgIpc) is 2.85. The van der Waals surface area contributed by atoms with Gasteiger partial charge in [0.1, 0.15) is 0 Å². The van der Waals surface area contributed by atoms with Crippen LogP contribution in [0.15, 0.2) is 27.6 Å². The molecule has 2 rings (SSSR count). The van der Waals surface area contributed by atoms with Gasteiger partial charge < -0.3 is 5.32 Å². The fourth-order valence-electron chi connectivity index (χ4n) is 2.07. The maximum atomic E-state index is 3.63. The lowest BCUT2D eigenvalue weighted by molar-refractivity contribution is 0.612. The van der Waals surface area contributed by atoms with Crippen LogP contribution in [0.3, 0.4) is 0 Å². The third-order valence-corrected chi connectivity index (χ3v) is 4.70. The van der Waals surface area contributed by atoms with E-state index in [-0.39, 0.29) is 0 Å². The maximum absolute atomic E-state index is 3.63. The first-order chi connectivity index (χ1) is 7.33. The van der Waals surface area contributed by atoms with Crippen molar-refractivity contribution in [3.05, 3.63) is 32.4 Å². The Hall–Kier alpha value is -0.120. The lowest BCUT2D eigenvalue weighted by atomic mass is 10.1. The van der Waals surface area contributed by atoms with Crippen LogP contribution in [0.25, 0.3) is 0 Å². The largest absolute Gasteiger partial charge is 0.306 e. The van der Waals surface area contributed by atoms with E-state index in [0.717, 1.165) is 6.54 Å². The van der Waals surface area contributed by atoms with Crippen LogP contribution in [0.4, 0.5) is 0 Å². The van der Waals surface area contributed by atoms with Crippen LogP contribution in [-0.2, 0) is 0 Å². The molecule has 1 aliphatic rings. The Balaban J connectivity index is 2.23. The summed E-state index contributed by atoms with van der Waals surface area (Å²) in [6.45, 7) is 3.19. The Labute approximate surface area is 104 Å². The van der Waals surface area contributed by atoms with Gasteiger partial charge in [-0.3, -0.25) is 0 Å². The predicted molar refractivity (Wildman–Crippen MR) is 70.4 cm³/mol. The van der Waals surface area contributed by atoms with Crippen molar-refractivity contribution in [1.82, 2.24) is 5.32 Å². The molecule has 3 heteroatoms. The molecule has 1 nitrogen and oxygen atoms in total. The van der Waals surface area contributed by atoms with Crippen molar-refractivity contribution in [2.24, 2.45) is 0 Å². The summed E-state index contributed by atoms with van der Waals surface area (Å²) < 4.78 is 1.24. The molecule has 15 heavy (non-hydrogen) atoms. The Kier molecular flexibility index (Phi) is 4.00. The zero-order chi connectivity index (χ0) is 10.7. The Morgan fingerprint density at radius 2 is 2.47 bits per heavy atom. The van der Waals surface area contributed by atoms with Crippen molar-refractivity contribution < 1.29 is 0 Å². The van der Waals surface area contributed by atoms with E-state index in [1.807, 2.05) is 11.3 Å². The van der Waals surface area contributed by atoms with E-state index in [4.69, 9.17) is 0 Å². The summed E-state index contributed by atoms with van der Waals surface area (Å²) in [6, 6.07) is 2.58. The van der Waals surface area contributed by atoms with Crippen molar-refractivity contribution in [3.63, 3.8) is 0 Å². The quantitative estimate of drug-likeness (QED) is 0.815. The Morgan fingerprint density at radius 1 is 1.60 bits per heavy atom. The van der Waals surface area contributed by atoms with Gasteiger partial charge in [-0.25, -0.2) is 0 Å². The van der Waals surface area contributed by atoms with Gasteiger partial charge in [0, 0.05) is 9.35 Å². The van der Waals surface area contributed by atoms with Crippen LogP contribution in [0.5, 0.6) is 0 Å². The van der Waals surface area contributed by atoms with Gasteiger partial charge in [0.15, 0.2) is 0 Å².